The van der Waals surface area contributed by atoms with Gasteiger partial charge in [-0.1, -0.05) is 19.1 Å². The molecule has 0 saturated carbocycles. The summed E-state index contributed by atoms with van der Waals surface area (Å²) < 4.78 is 44.5. The Morgan fingerprint density at radius 3 is 2.20 bits per heavy atom. The molecule has 8 nitrogen and oxygen atoms in total. The van der Waals surface area contributed by atoms with E-state index < -0.39 is 16.1 Å². The van der Waals surface area contributed by atoms with E-state index >= 15 is 0 Å². The van der Waals surface area contributed by atoms with Gasteiger partial charge in [0.15, 0.2) is 0 Å². The molecule has 0 spiro atoms. The Balaban J connectivity index is 2.18. The molecule has 0 saturated heterocycles. The molecule has 35 heavy (non-hydrogen) atoms. The maximum Gasteiger partial charge on any atom is 0.242 e. The second-order valence-electron chi connectivity index (χ2n) is 8.10. The Labute approximate surface area is 207 Å². The van der Waals surface area contributed by atoms with Crippen LogP contribution in [0.1, 0.15) is 38.7 Å². The smallest absolute Gasteiger partial charge is 0.242 e. The first-order valence-corrected chi connectivity index (χ1v) is 13.4. The summed E-state index contributed by atoms with van der Waals surface area (Å²) in [6.45, 7) is 4.29. The summed E-state index contributed by atoms with van der Waals surface area (Å²) in [4.78, 5) is 27.4. The molecular weight excluding hydrogens is 473 g/mol. The molecule has 2 aromatic rings. The van der Waals surface area contributed by atoms with E-state index in [0.717, 1.165) is 6.26 Å². The van der Waals surface area contributed by atoms with Gasteiger partial charge in [-0.3, -0.25) is 13.9 Å². The zero-order valence-corrected chi connectivity index (χ0v) is 21.5. The van der Waals surface area contributed by atoms with Crippen LogP contribution in [0.25, 0.3) is 0 Å². The third-order valence-corrected chi connectivity index (χ3v) is 6.71. The van der Waals surface area contributed by atoms with E-state index in [-0.39, 0.29) is 43.6 Å². The van der Waals surface area contributed by atoms with E-state index in [2.05, 4.69) is 5.32 Å². The van der Waals surface area contributed by atoms with Crippen molar-refractivity contribution in [2.24, 2.45) is 0 Å². The van der Waals surface area contributed by atoms with Crippen molar-refractivity contribution >= 4 is 27.5 Å². The fourth-order valence-corrected chi connectivity index (χ4v) is 4.72. The maximum atomic E-state index is 13.4. The van der Waals surface area contributed by atoms with Crippen LogP contribution >= 0.6 is 0 Å². The Hall–Kier alpha value is -3.14. The number of carbonyl (C=O) groups excluding carboxylic acids is 2. The Morgan fingerprint density at radius 1 is 1.06 bits per heavy atom. The first kappa shape index (κ1) is 28.1. The van der Waals surface area contributed by atoms with Gasteiger partial charge in [0.25, 0.3) is 0 Å². The molecule has 1 atom stereocenters. The van der Waals surface area contributed by atoms with Gasteiger partial charge in [0, 0.05) is 26.1 Å². The van der Waals surface area contributed by atoms with E-state index in [9.17, 15) is 22.4 Å². The predicted octanol–water partition coefficient (Wildman–Crippen LogP) is 3.32. The molecule has 0 aliphatic heterocycles. The van der Waals surface area contributed by atoms with Crippen LogP contribution in [0, 0.1) is 5.82 Å². The lowest BCUT2D eigenvalue weighted by Gasteiger charge is -2.31. The van der Waals surface area contributed by atoms with E-state index in [1.807, 2.05) is 6.92 Å². The fourth-order valence-electron chi connectivity index (χ4n) is 3.75. The monoisotopic (exact) mass is 507 g/mol. The summed E-state index contributed by atoms with van der Waals surface area (Å²) in [5.41, 5.74) is 1.16. The number of benzene rings is 2. The summed E-state index contributed by atoms with van der Waals surface area (Å²) in [6.07, 6.45) is 1.81. The number of carbonyl (C=O) groups is 2. The van der Waals surface area contributed by atoms with Gasteiger partial charge in [0.1, 0.15) is 17.6 Å². The van der Waals surface area contributed by atoms with E-state index in [0.29, 0.717) is 30.0 Å². The highest BCUT2D eigenvalue weighted by Gasteiger charge is 2.28. The van der Waals surface area contributed by atoms with Crippen molar-refractivity contribution in [3.05, 3.63) is 59.9 Å². The molecule has 10 heteroatoms. The minimum atomic E-state index is -3.58. The Morgan fingerprint density at radius 2 is 1.69 bits per heavy atom. The topological polar surface area (TPSA) is 96.0 Å². The van der Waals surface area contributed by atoms with Crippen LogP contribution in [-0.2, 0) is 26.2 Å². The largest absolute Gasteiger partial charge is 0.497 e. The summed E-state index contributed by atoms with van der Waals surface area (Å²) in [5, 5.41) is 2.76. The minimum absolute atomic E-state index is 0.0409. The number of anilines is 1. The number of ether oxygens (including phenoxy) is 1. The number of sulfonamides is 1. The number of hydrogen-bond acceptors (Lipinski definition) is 5. The number of hydrogen-bond donors (Lipinski definition) is 1. The molecule has 0 radical (unpaired) electrons. The van der Waals surface area contributed by atoms with Crippen LogP contribution in [0.15, 0.2) is 48.5 Å². The quantitative estimate of drug-likeness (QED) is 0.449. The van der Waals surface area contributed by atoms with Gasteiger partial charge in [-0.25, -0.2) is 12.8 Å². The predicted molar refractivity (Wildman–Crippen MR) is 134 cm³/mol. The number of amides is 2. The van der Waals surface area contributed by atoms with Gasteiger partial charge in [-0.15, -0.1) is 0 Å². The zero-order valence-electron chi connectivity index (χ0n) is 20.7. The lowest BCUT2D eigenvalue weighted by atomic mass is 10.1. The second kappa shape index (κ2) is 13.1. The zero-order chi connectivity index (χ0) is 26.0. The van der Waals surface area contributed by atoms with E-state index in [4.69, 9.17) is 4.74 Å². The second-order valence-corrected chi connectivity index (χ2v) is 10.0. The molecule has 0 unspecified atom stereocenters. The van der Waals surface area contributed by atoms with Crippen LogP contribution in [0.2, 0.25) is 0 Å². The molecular formula is C25H34FN3O5S. The molecule has 0 bridgehead atoms. The third-order valence-electron chi connectivity index (χ3n) is 5.52. The van der Waals surface area contributed by atoms with Crippen molar-refractivity contribution in [3.63, 3.8) is 0 Å². The normalized spacial score (nSPS) is 12.0. The molecule has 2 rings (SSSR count). The number of nitrogens with one attached hydrogen (secondary N) is 1. The third kappa shape index (κ3) is 8.24. The number of nitrogens with zero attached hydrogens (tertiary/aromatic N) is 2. The Bertz CT molecular complexity index is 1080. The van der Waals surface area contributed by atoms with Gasteiger partial charge in [-0.05, 0) is 61.7 Å². The van der Waals surface area contributed by atoms with Crippen LogP contribution in [0.3, 0.4) is 0 Å². The van der Waals surface area contributed by atoms with Crippen LogP contribution in [0.5, 0.6) is 5.75 Å². The molecule has 1 N–H and O–H groups in total. The molecule has 0 heterocycles. The first-order chi connectivity index (χ1) is 16.6. The molecule has 2 aromatic carbocycles. The van der Waals surface area contributed by atoms with Crippen molar-refractivity contribution in [2.75, 3.05) is 30.8 Å². The summed E-state index contributed by atoms with van der Waals surface area (Å²) >= 11 is 0. The molecule has 0 aromatic heterocycles. The molecule has 0 aliphatic rings. The number of rotatable bonds is 13. The fraction of sp³-hybridized carbons (Fsp3) is 0.440. The first-order valence-electron chi connectivity index (χ1n) is 11.5. The van der Waals surface area contributed by atoms with Crippen LogP contribution in [-0.4, -0.2) is 57.6 Å². The van der Waals surface area contributed by atoms with Crippen molar-refractivity contribution in [1.82, 2.24) is 10.2 Å². The van der Waals surface area contributed by atoms with Gasteiger partial charge in [0.2, 0.25) is 21.8 Å². The van der Waals surface area contributed by atoms with Gasteiger partial charge in [0.05, 0.1) is 19.1 Å². The highest BCUT2D eigenvalue weighted by Crippen LogP contribution is 2.22. The molecule has 192 valence electrons. The van der Waals surface area contributed by atoms with Crippen molar-refractivity contribution in [1.29, 1.82) is 0 Å². The molecule has 0 fully saturated rings. The minimum Gasteiger partial charge on any atom is -0.497 e. The summed E-state index contributed by atoms with van der Waals surface area (Å²) in [5.74, 6) is -0.330. The lowest BCUT2D eigenvalue weighted by Crippen LogP contribution is -2.49. The van der Waals surface area contributed by atoms with Crippen molar-refractivity contribution in [3.8, 4) is 5.75 Å². The van der Waals surface area contributed by atoms with Gasteiger partial charge in [-0.2, -0.15) is 0 Å². The number of likely N-dealkylation sites (N-methyl/N-ethyl adjacent to an activating group) is 1. The summed E-state index contributed by atoms with van der Waals surface area (Å²) in [6, 6.07) is 11.7. The average molecular weight is 508 g/mol. The molecule has 2 amide bonds. The SMILES string of the molecule is CCNC(=O)[C@@H](CC)N(Cc1ccc(F)cc1)C(=O)CCCN(c1ccc(OC)cc1)S(C)(=O)=O. The molecule has 0 aliphatic carbocycles. The van der Waals surface area contributed by atoms with Crippen molar-refractivity contribution < 1.29 is 27.1 Å². The van der Waals surface area contributed by atoms with Gasteiger partial charge < -0.3 is 15.0 Å². The average Bonchev–Trinajstić information content (AvgIpc) is 2.82. The van der Waals surface area contributed by atoms with Crippen molar-refractivity contribution in [2.45, 2.75) is 45.7 Å². The lowest BCUT2D eigenvalue weighted by molar-refractivity contribution is -0.141. The van der Waals surface area contributed by atoms with E-state index in [1.54, 1.807) is 43.3 Å². The highest BCUT2D eigenvalue weighted by atomic mass is 32.2. The summed E-state index contributed by atoms with van der Waals surface area (Å²) in [7, 11) is -2.06. The van der Waals surface area contributed by atoms with E-state index in [1.165, 1.54) is 28.4 Å². The maximum absolute atomic E-state index is 13.4. The van der Waals surface area contributed by atoms with Crippen LogP contribution < -0.4 is 14.4 Å². The number of halogens is 1. The highest BCUT2D eigenvalue weighted by molar-refractivity contribution is 7.92. The standard InChI is InChI=1S/C25H34FN3O5S/c1-5-23(25(31)27-6-2)28(18-19-9-11-20(26)12-10-19)24(30)8-7-17-29(35(4,32)33)21-13-15-22(34-3)16-14-21/h9-16,23H,5-8,17-18H2,1-4H3,(H,27,31)/t23-/m1/s1. The Kier molecular flexibility index (Phi) is 10.5. The van der Waals surface area contributed by atoms with Crippen LogP contribution in [0.4, 0.5) is 10.1 Å². The number of methoxy groups -OCH3 is 1. The van der Waals surface area contributed by atoms with Gasteiger partial charge >= 0.3 is 0 Å².